The third-order valence-corrected chi connectivity index (χ3v) is 5.28. The Kier molecular flexibility index (Phi) is 7.42. The Morgan fingerprint density at radius 1 is 1.12 bits per heavy atom. The van der Waals surface area contributed by atoms with Gasteiger partial charge in [0.15, 0.2) is 0 Å². The van der Waals surface area contributed by atoms with Crippen molar-refractivity contribution in [1.82, 2.24) is 10.0 Å². The lowest BCUT2D eigenvalue weighted by Crippen LogP contribution is -2.40. The lowest BCUT2D eigenvalue weighted by molar-refractivity contribution is 0.0952. The van der Waals surface area contributed by atoms with Gasteiger partial charge in [0.1, 0.15) is 0 Å². The summed E-state index contributed by atoms with van der Waals surface area (Å²) in [6, 6.07) is 4.65. The van der Waals surface area contributed by atoms with E-state index in [2.05, 4.69) is 17.0 Å². The number of nitrogens with one attached hydrogen (secondary N) is 2. The highest BCUT2D eigenvalue weighted by atomic mass is 32.2. The van der Waals surface area contributed by atoms with Gasteiger partial charge in [0.2, 0.25) is 10.0 Å². The minimum absolute atomic E-state index is 0.110. The van der Waals surface area contributed by atoms with Gasteiger partial charge >= 0.3 is 0 Å². The van der Waals surface area contributed by atoms with Crippen molar-refractivity contribution in [2.24, 2.45) is 0 Å². The Labute approximate surface area is 146 Å². The van der Waals surface area contributed by atoms with Crippen LogP contribution in [0.1, 0.15) is 69.3 Å². The highest BCUT2D eigenvalue weighted by Crippen LogP contribution is 2.17. The number of hydrogen-bond acceptors (Lipinski definition) is 3. The fourth-order valence-corrected chi connectivity index (χ4v) is 3.77. The van der Waals surface area contributed by atoms with Crippen LogP contribution in [0.4, 0.5) is 0 Å². The summed E-state index contributed by atoms with van der Waals surface area (Å²) in [6.45, 7) is 9.89. The Morgan fingerprint density at radius 3 is 2.38 bits per heavy atom. The van der Waals surface area contributed by atoms with Crippen LogP contribution in [0.15, 0.2) is 23.1 Å². The second-order valence-electron chi connectivity index (χ2n) is 7.15. The van der Waals surface area contributed by atoms with Gasteiger partial charge in [-0.05, 0) is 51.8 Å². The van der Waals surface area contributed by atoms with Crippen LogP contribution in [0.2, 0.25) is 0 Å². The molecule has 0 aliphatic carbocycles. The number of carbonyl (C=O) groups is 1. The van der Waals surface area contributed by atoms with Crippen LogP contribution in [-0.4, -0.2) is 26.4 Å². The van der Waals surface area contributed by atoms with E-state index in [1.807, 2.05) is 0 Å². The van der Waals surface area contributed by atoms with Crippen molar-refractivity contribution in [3.05, 3.63) is 29.3 Å². The van der Waals surface area contributed by atoms with E-state index in [9.17, 15) is 13.2 Å². The Balaban J connectivity index is 2.88. The predicted molar refractivity (Wildman–Crippen MR) is 97.7 cm³/mol. The standard InChI is InChI=1S/C18H30N2O3S/c1-6-7-8-9-12-19-17(21)16-13-15(11-10-14(16)2)24(22,23)20-18(3,4)5/h10-11,13,20H,6-9,12H2,1-5H3,(H,19,21). The number of hydrogen-bond donors (Lipinski definition) is 2. The summed E-state index contributed by atoms with van der Waals surface area (Å²) in [5.74, 6) is -0.225. The van der Waals surface area contributed by atoms with E-state index in [-0.39, 0.29) is 10.8 Å². The average molecular weight is 355 g/mol. The Morgan fingerprint density at radius 2 is 1.79 bits per heavy atom. The zero-order chi connectivity index (χ0) is 18.4. The topological polar surface area (TPSA) is 75.3 Å². The van der Waals surface area contributed by atoms with Crippen molar-refractivity contribution in [2.75, 3.05) is 6.54 Å². The molecule has 1 rings (SSSR count). The Hall–Kier alpha value is -1.40. The summed E-state index contributed by atoms with van der Waals surface area (Å²) in [6.07, 6.45) is 4.32. The van der Waals surface area contributed by atoms with Gasteiger partial charge in [0.05, 0.1) is 4.90 Å². The van der Waals surface area contributed by atoms with Crippen molar-refractivity contribution in [3.8, 4) is 0 Å². The van der Waals surface area contributed by atoms with Gasteiger partial charge in [-0.2, -0.15) is 0 Å². The van der Waals surface area contributed by atoms with Gasteiger partial charge in [0.25, 0.3) is 5.91 Å². The van der Waals surface area contributed by atoms with Gasteiger partial charge in [-0.1, -0.05) is 32.3 Å². The molecule has 0 saturated heterocycles. The molecule has 1 aromatic carbocycles. The lowest BCUT2D eigenvalue weighted by atomic mass is 10.1. The first-order chi connectivity index (χ1) is 11.1. The number of rotatable bonds is 8. The minimum atomic E-state index is -3.65. The molecule has 0 radical (unpaired) electrons. The number of unbranched alkanes of at least 4 members (excludes halogenated alkanes) is 3. The van der Waals surface area contributed by atoms with Crippen molar-refractivity contribution in [1.29, 1.82) is 0 Å². The molecule has 24 heavy (non-hydrogen) atoms. The van der Waals surface area contributed by atoms with Crippen LogP contribution >= 0.6 is 0 Å². The van der Waals surface area contributed by atoms with Crippen LogP contribution in [0.5, 0.6) is 0 Å². The van der Waals surface area contributed by atoms with Crippen LogP contribution in [0.25, 0.3) is 0 Å². The van der Waals surface area contributed by atoms with E-state index >= 15 is 0 Å². The second-order valence-corrected chi connectivity index (χ2v) is 8.83. The quantitative estimate of drug-likeness (QED) is 0.703. The molecule has 0 atom stereocenters. The maximum atomic E-state index is 12.4. The summed E-state index contributed by atoms with van der Waals surface area (Å²) < 4.78 is 27.5. The predicted octanol–water partition coefficient (Wildman–Crippen LogP) is 3.38. The largest absolute Gasteiger partial charge is 0.352 e. The van der Waals surface area contributed by atoms with Crippen LogP contribution < -0.4 is 10.0 Å². The SMILES string of the molecule is CCCCCCNC(=O)c1cc(S(=O)(=O)NC(C)(C)C)ccc1C. The third kappa shape index (κ3) is 6.61. The second kappa shape index (κ2) is 8.62. The smallest absolute Gasteiger partial charge is 0.251 e. The fourth-order valence-electron chi connectivity index (χ4n) is 2.32. The zero-order valence-corrected chi connectivity index (χ0v) is 16.2. The molecule has 0 heterocycles. The van der Waals surface area contributed by atoms with E-state index in [1.54, 1.807) is 33.8 Å². The zero-order valence-electron chi connectivity index (χ0n) is 15.4. The first kappa shape index (κ1) is 20.6. The van der Waals surface area contributed by atoms with Crippen molar-refractivity contribution >= 4 is 15.9 Å². The normalized spacial score (nSPS) is 12.2. The highest BCUT2D eigenvalue weighted by Gasteiger charge is 2.23. The molecule has 2 N–H and O–H groups in total. The van der Waals surface area contributed by atoms with Crippen LogP contribution in [0, 0.1) is 6.92 Å². The number of aryl methyl sites for hydroxylation is 1. The molecule has 0 bridgehead atoms. The molecule has 0 unspecified atom stereocenters. The molecule has 6 heteroatoms. The average Bonchev–Trinajstić information content (AvgIpc) is 2.44. The van der Waals surface area contributed by atoms with Crippen molar-refractivity contribution in [3.63, 3.8) is 0 Å². The molecule has 0 spiro atoms. The van der Waals surface area contributed by atoms with Gasteiger partial charge in [-0.15, -0.1) is 0 Å². The summed E-state index contributed by atoms with van der Waals surface area (Å²) in [4.78, 5) is 12.4. The fraction of sp³-hybridized carbons (Fsp3) is 0.611. The molecule has 0 fully saturated rings. The van der Waals surface area contributed by atoms with Crippen molar-refractivity contribution in [2.45, 2.75) is 70.7 Å². The molecule has 0 saturated carbocycles. The van der Waals surface area contributed by atoms with Gasteiger partial charge < -0.3 is 5.32 Å². The van der Waals surface area contributed by atoms with E-state index in [1.165, 1.54) is 12.1 Å². The molecule has 1 aromatic rings. The molecule has 5 nitrogen and oxygen atoms in total. The van der Waals surface area contributed by atoms with Gasteiger partial charge in [0, 0.05) is 17.6 Å². The summed E-state index contributed by atoms with van der Waals surface area (Å²) in [7, 11) is -3.65. The monoisotopic (exact) mass is 354 g/mol. The summed E-state index contributed by atoms with van der Waals surface area (Å²) in [5, 5.41) is 2.87. The maximum Gasteiger partial charge on any atom is 0.251 e. The first-order valence-corrected chi connectivity index (χ1v) is 9.98. The molecule has 0 aliphatic heterocycles. The highest BCUT2D eigenvalue weighted by molar-refractivity contribution is 7.89. The first-order valence-electron chi connectivity index (χ1n) is 8.49. The summed E-state index contributed by atoms with van der Waals surface area (Å²) >= 11 is 0. The molecule has 0 aromatic heterocycles. The number of sulfonamides is 1. The van der Waals surface area contributed by atoms with E-state index in [4.69, 9.17) is 0 Å². The number of amides is 1. The maximum absolute atomic E-state index is 12.4. The minimum Gasteiger partial charge on any atom is -0.352 e. The molecule has 0 aliphatic rings. The van der Waals surface area contributed by atoms with Gasteiger partial charge in [-0.25, -0.2) is 13.1 Å². The molecule has 136 valence electrons. The van der Waals surface area contributed by atoms with Crippen molar-refractivity contribution < 1.29 is 13.2 Å². The van der Waals surface area contributed by atoms with Crippen LogP contribution in [-0.2, 0) is 10.0 Å². The van der Waals surface area contributed by atoms with E-state index in [0.717, 1.165) is 31.2 Å². The third-order valence-electron chi connectivity index (χ3n) is 3.52. The number of carbonyl (C=O) groups excluding carboxylic acids is 1. The molecule has 1 amide bonds. The lowest BCUT2D eigenvalue weighted by Gasteiger charge is -2.20. The Bertz CT molecular complexity index is 661. The van der Waals surface area contributed by atoms with E-state index < -0.39 is 15.6 Å². The van der Waals surface area contributed by atoms with Crippen LogP contribution in [0.3, 0.4) is 0 Å². The van der Waals surface area contributed by atoms with Gasteiger partial charge in [-0.3, -0.25) is 4.79 Å². The number of benzene rings is 1. The van der Waals surface area contributed by atoms with E-state index in [0.29, 0.717) is 12.1 Å². The molecular weight excluding hydrogens is 324 g/mol. The molecular formula is C18H30N2O3S. The summed E-state index contributed by atoms with van der Waals surface area (Å²) in [5.41, 5.74) is 0.587.